The van der Waals surface area contributed by atoms with Crippen molar-refractivity contribution >= 4 is 17.0 Å². The molecule has 0 radical (unpaired) electrons. The highest BCUT2D eigenvalue weighted by atomic mass is 16.4. The number of carboxylic acid groups (broad SMARTS) is 1. The first kappa shape index (κ1) is 14.8. The van der Waals surface area contributed by atoms with Crippen LogP contribution in [0, 0.1) is 13.8 Å². The smallest absolute Gasteiger partial charge is 0.305 e. The Labute approximate surface area is 128 Å². The van der Waals surface area contributed by atoms with Crippen molar-refractivity contribution in [3.05, 3.63) is 27.9 Å². The summed E-state index contributed by atoms with van der Waals surface area (Å²) in [6.07, 6.45) is 6.12. The molecule has 6 nitrogen and oxygen atoms in total. The number of nitrogens with zero attached hydrogens (tertiary/aromatic N) is 3. The summed E-state index contributed by atoms with van der Waals surface area (Å²) in [5.41, 5.74) is 2.67. The van der Waals surface area contributed by atoms with Crippen LogP contribution in [-0.2, 0) is 11.3 Å². The molecule has 1 aliphatic rings. The maximum Gasteiger partial charge on any atom is 0.305 e. The Hall–Kier alpha value is -2.11. The third-order valence-corrected chi connectivity index (χ3v) is 4.78. The average molecular weight is 303 g/mol. The molecule has 2 aromatic rings. The summed E-state index contributed by atoms with van der Waals surface area (Å²) in [4.78, 5) is 27.8. The van der Waals surface area contributed by atoms with Crippen molar-refractivity contribution in [1.29, 1.82) is 0 Å². The van der Waals surface area contributed by atoms with Crippen molar-refractivity contribution in [3.63, 3.8) is 0 Å². The van der Waals surface area contributed by atoms with Gasteiger partial charge in [-0.1, -0.05) is 12.8 Å². The lowest BCUT2D eigenvalue weighted by Crippen LogP contribution is -2.22. The molecule has 0 unspecified atom stereocenters. The summed E-state index contributed by atoms with van der Waals surface area (Å²) in [7, 11) is 0. The van der Waals surface area contributed by atoms with Crippen LogP contribution in [0.3, 0.4) is 0 Å². The van der Waals surface area contributed by atoms with Gasteiger partial charge >= 0.3 is 5.97 Å². The predicted molar refractivity (Wildman–Crippen MR) is 83.2 cm³/mol. The van der Waals surface area contributed by atoms with Crippen LogP contribution in [0.4, 0.5) is 0 Å². The van der Waals surface area contributed by atoms with Gasteiger partial charge in [0.15, 0.2) is 0 Å². The van der Waals surface area contributed by atoms with Crippen LogP contribution < -0.4 is 5.56 Å². The second kappa shape index (κ2) is 5.59. The molecule has 0 aliphatic heterocycles. The summed E-state index contributed by atoms with van der Waals surface area (Å²) in [5.74, 6) is -0.913. The second-order valence-electron chi connectivity index (χ2n) is 6.10. The molecule has 6 heteroatoms. The van der Waals surface area contributed by atoms with Gasteiger partial charge in [0.2, 0.25) is 0 Å². The number of carbonyl (C=O) groups is 1. The molecule has 0 atom stereocenters. The van der Waals surface area contributed by atoms with Crippen molar-refractivity contribution in [2.24, 2.45) is 0 Å². The minimum absolute atomic E-state index is 0.0749. The molecule has 22 heavy (non-hydrogen) atoms. The third kappa shape index (κ3) is 2.32. The minimum atomic E-state index is -0.913. The van der Waals surface area contributed by atoms with Gasteiger partial charge in [-0.25, -0.2) is 4.98 Å². The van der Waals surface area contributed by atoms with E-state index in [1.807, 2.05) is 13.8 Å². The van der Waals surface area contributed by atoms with Gasteiger partial charge in [0, 0.05) is 18.3 Å². The molecule has 0 aromatic carbocycles. The SMILES string of the molecule is Cc1c(C)n(C2CCCC2)c2ncn(CCC(=O)O)c(=O)c12. The number of aryl methyl sites for hydroxylation is 2. The van der Waals surface area contributed by atoms with E-state index in [1.165, 1.54) is 23.7 Å². The van der Waals surface area contributed by atoms with Gasteiger partial charge < -0.3 is 9.67 Å². The Morgan fingerprint density at radius 1 is 1.36 bits per heavy atom. The highest BCUT2D eigenvalue weighted by Gasteiger charge is 2.24. The first-order valence-corrected chi connectivity index (χ1v) is 7.79. The predicted octanol–water partition coefficient (Wildman–Crippen LogP) is 2.40. The van der Waals surface area contributed by atoms with Crippen molar-refractivity contribution < 1.29 is 9.90 Å². The fourth-order valence-corrected chi connectivity index (χ4v) is 3.50. The molecule has 2 heterocycles. The monoisotopic (exact) mass is 303 g/mol. The summed E-state index contributed by atoms with van der Waals surface area (Å²) in [5, 5.41) is 9.42. The van der Waals surface area contributed by atoms with Crippen LogP contribution in [0.15, 0.2) is 11.1 Å². The fraction of sp³-hybridized carbons (Fsp3) is 0.562. The van der Waals surface area contributed by atoms with Crippen LogP contribution in [0.5, 0.6) is 0 Å². The normalized spacial score (nSPS) is 15.7. The first-order chi connectivity index (χ1) is 10.5. The van der Waals surface area contributed by atoms with E-state index in [2.05, 4.69) is 9.55 Å². The molecular weight excluding hydrogens is 282 g/mol. The van der Waals surface area contributed by atoms with Gasteiger partial charge in [-0.15, -0.1) is 0 Å². The van der Waals surface area contributed by atoms with Crippen molar-refractivity contribution in [1.82, 2.24) is 14.1 Å². The zero-order valence-corrected chi connectivity index (χ0v) is 13.0. The van der Waals surface area contributed by atoms with Gasteiger partial charge in [-0.3, -0.25) is 14.2 Å². The van der Waals surface area contributed by atoms with Crippen LogP contribution in [0.2, 0.25) is 0 Å². The van der Waals surface area contributed by atoms with E-state index in [0.717, 1.165) is 29.7 Å². The molecule has 2 aromatic heterocycles. The quantitative estimate of drug-likeness (QED) is 0.941. The maximum atomic E-state index is 12.7. The highest BCUT2D eigenvalue weighted by Crippen LogP contribution is 2.34. The number of hydrogen-bond acceptors (Lipinski definition) is 3. The van der Waals surface area contributed by atoms with Crippen molar-refractivity contribution in [2.45, 2.75) is 58.5 Å². The van der Waals surface area contributed by atoms with Gasteiger partial charge in [-0.05, 0) is 32.3 Å². The first-order valence-electron chi connectivity index (χ1n) is 7.79. The Morgan fingerprint density at radius 2 is 2.05 bits per heavy atom. The Bertz CT molecular complexity index is 782. The topological polar surface area (TPSA) is 77.1 Å². The number of aromatic nitrogens is 3. The van der Waals surface area contributed by atoms with E-state index >= 15 is 0 Å². The molecule has 1 aliphatic carbocycles. The molecule has 0 saturated heterocycles. The summed E-state index contributed by atoms with van der Waals surface area (Å²) >= 11 is 0. The molecule has 1 fully saturated rings. The zero-order chi connectivity index (χ0) is 15.9. The molecule has 0 amide bonds. The van der Waals surface area contributed by atoms with Crippen LogP contribution in [0.25, 0.3) is 11.0 Å². The highest BCUT2D eigenvalue weighted by molar-refractivity contribution is 5.81. The van der Waals surface area contributed by atoms with Crippen LogP contribution in [0.1, 0.15) is 49.4 Å². The Morgan fingerprint density at radius 3 is 2.68 bits per heavy atom. The lowest BCUT2D eigenvalue weighted by molar-refractivity contribution is -0.137. The van der Waals surface area contributed by atoms with E-state index < -0.39 is 5.97 Å². The van der Waals surface area contributed by atoms with Crippen molar-refractivity contribution in [2.75, 3.05) is 0 Å². The molecule has 0 bridgehead atoms. The van der Waals surface area contributed by atoms with E-state index in [0.29, 0.717) is 11.4 Å². The fourth-order valence-electron chi connectivity index (χ4n) is 3.50. The summed E-state index contributed by atoms with van der Waals surface area (Å²) < 4.78 is 3.61. The molecule has 1 N–H and O–H groups in total. The Balaban J connectivity index is 2.13. The van der Waals surface area contributed by atoms with Gasteiger partial charge in [-0.2, -0.15) is 0 Å². The van der Waals surface area contributed by atoms with Gasteiger partial charge in [0.05, 0.1) is 18.1 Å². The molecule has 0 spiro atoms. The average Bonchev–Trinajstić information content (AvgIpc) is 3.07. The van der Waals surface area contributed by atoms with Gasteiger partial charge in [0.25, 0.3) is 5.56 Å². The molecular formula is C16H21N3O3. The maximum absolute atomic E-state index is 12.7. The minimum Gasteiger partial charge on any atom is -0.481 e. The van der Waals surface area contributed by atoms with Crippen LogP contribution in [-0.4, -0.2) is 25.2 Å². The summed E-state index contributed by atoms with van der Waals surface area (Å²) in [6.45, 7) is 4.15. The number of carboxylic acids is 1. The lowest BCUT2D eigenvalue weighted by atomic mass is 10.2. The van der Waals surface area contributed by atoms with E-state index in [4.69, 9.17) is 5.11 Å². The van der Waals surface area contributed by atoms with Crippen LogP contribution >= 0.6 is 0 Å². The Kier molecular flexibility index (Phi) is 3.76. The largest absolute Gasteiger partial charge is 0.481 e. The number of hydrogen-bond donors (Lipinski definition) is 1. The second-order valence-corrected chi connectivity index (χ2v) is 6.10. The summed E-state index contributed by atoms with van der Waals surface area (Å²) in [6, 6.07) is 0.429. The molecule has 118 valence electrons. The van der Waals surface area contributed by atoms with E-state index in [-0.39, 0.29) is 18.5 Å². The van der Waals surface area contributed by atoms with Gasteiger partial charge in [0.1, 0.15) is 5.65 Å². The van der Waals surface area contributed by atoms with E-state index in [9.17, 15) is 9.59 Å². The molecule has 1 saturated carbocycles. The number of fused-ring (bicyclic) bond motifs is 1. The van der Waals surface area contributed by atoms with E-state index in [1.54, 1.807) is 0 Å². The number of aliphatic carboxylic acids is 1. The van der Waals surface area contributed by atoms with Crippen molar-refractivity contribution in [3.8, 4) is 0 Å². The zero-order valence-electron chi connectivity index (χ0n) is 13.0. The standard InChI is InChI=1S/C16H21N3O3/c1-10-11(2)19(12-5-3-4-6-12)15-14(10)16(22)18(9-17-15)8-7-13(20)21/h9,12H,3-8H2,1-2H3,(H,20,21). The number of rotatable bonds is 4. The third-order valence-electron chi connectivity index (χ3n) is 4.78. The molecule has 3 rings (SSSR count). The lowest BCUT2D eigenvalue weighted by Gasteiger charge is -2.15.